The first-order valence-corrected chi connectivity index (χ1v) is 10.0. The van der Waals surface area contributed by atoms with Gasteiger partial charge in [-0.15, -0.1) is 0 Å². The highest BCUT2D eigenvalue weighted by molar-refractivity contribution is 5.97. The van der Waals surface area contributed by atoms with Crippen molar-refractivity contribution in [2.45, 2.75) is 44.6 Å². The first kappa shape index (κ1) is 18.1. The van der Waals surface area contributed by atoms with Crippen LogP contribution in [0.1, 0.15) is 58.8 Å². The van der Waals surface area contributed by atoms with Crippen molar-refractivity contribution in [3.05, 3.63) is 64.7 Å². The van der Waals surface area contributed by atoms with Crippen LogP contribution in [0, 0.1) is 5.92 Å². The number of phenols is 1. The highest BCUT2D eigenvalue weighted by Crippen LogP contribution is 2.33. The molecule has 0 aromatic heterocycles. The molecule has 1 amide bonds. The largest absolute Gasteiger partial charge is 0.507 e. The number of aliphatic hydroxyl groups excluding tert-OH is 1. The molecule has 1 saturated heterocycles. The van der Waals surface area contributed by atoms with Gasteiger partial charge in [-0.3, -0.25) is 4.79 Å². The van der Waals surface area contributed by atoms with Crippen molar-refractivity contribution in [1.29, 1.82) is 0 Å². The normalized spacial score (nSPS) is 18.8. The topological polar surface area (TPSA) is 60.8 Å². The first-order chi connectivity index (χ1) is 13.1. The summed E-state index contributed by atoms with van der Waals surface area (Å²) in [7, 11) is 0. The Morgan fingerprint density at radius 3 is 2.30 bits per heavy atom. The maximum Gasteiger partial charge on any atom is 0.257 e. The molecule has 2 aliphatic rings. The predicted molar refractivity (Wildman–Crippen MR) is 105 cm³/mol. The minimum atomic E-state index is -0.486. The molecule has 1 aliphatic carbocycles. The third kappa shape index (κ3) is 3.72. The summed E-state index contributed by atoms with van der Waals surface area (Å²) in [5.74, 6) is 0.175. The minimum absolute atomic E-state index is 0.0893. The molecule has 1 aliphatic heterocycles. The second-order valence-corrected chi connectivity index (χ2v) is 7.83. The number of fused-ring (bicyclic) bond motifs is 1. The number of aliphatic hydroxyl groups is 1. The molecule has 142 valence electrons. The molecule has 4 heteroatoms. The first-order valence-electron chi connectivity index (χ1n) is 10.0. The SMILES string of the molecule is O=C(c1cc2c(cc1O)CCCC2)N1CCC(C(O)c2ccccc2)CC1. The predicted octanol–water partition coefficient (Wildman–Crippen LogP) is 3.86. The van der Waals surface area contributed by atoms with E-state index in [-0.39, 0.29) is 17.6 Å². The summed E-state index contributed by atoms with van der Waals surface area (Å²) in [5, 5.41) is 21.0. The van der Waals surface area contributed by atoms with Gasteiger partial charge in [-0.2, -0.15) is 0 Å². The number of hydrogen-bond acceptors (Lipinski definition) is 3. The van der Waals surface area contributed by atoms with E-state index in [0.717, 1.165) is 44.1 Å². The second kappa shape index (κ2) is 7.73. The van der Waals surface area contributed by atoms with Crippen molar-refractivity contribution in [3.8, 4) is 5.75 Å². The van der Waals surface area contributed by atoms with Gasteiger partial charge in [0.15, 0.2) is 0 Å². The number of rotatable bonds is 3. The summed E-state index contributed by atoms with van der Waals surface area (Å²) in [4.78, 5) is 14.8. The van der Waals surface area contributed by atoms with E-state index >= 15 is 0 Å². The average Bonchev–Trinajstić information content (AvgIpc) is 2.73. The minimum Gasteiger partial charge on any atom is -0.507 e. The molecule has 27 heavy (non-hydrogen) atoms. The highest BCUT2D eigenvalue weighted by atomic mass is 16.3. The van der Waals surface area contributed by atoms with Gasteiger partial charge in [0.25, 0.3) is 5.91 Å². The van der Waals surface area contributed by atoms with E-state index in [9.17, 15) is 15.0 Å². The molecular formula is C23H27NO3. The summed E-state index contributed by atoms with van der Waals surface area (Å²) >= 11 is 0. The third-order valence-corrected chi connectivity index (χ3v) is 6.11. The van der Waals surface area contributed by atoms with Crippen LogP contribution in [0.4, 0.5) is 0 Å². The summed E-state index contributed by atoms with van der Waals surface area (Å²) in [6, 6.07) is 13.4. The van der Waals surface area contributed by atoms with Gasteiger partial charge in [0.2, 0.25) is 0 Å². The number of likely N-dealkylation sites (tertiary alicyclic amines) is 1. The molecule has 2 aromatic rings. The van der Waals surface area contributed by atoms with Crippen molar-refractivity contribution in [2.75, 3.05) is 13.1 Å². The Balaban J connectivity index is 1.43. The summed E-state index contributed by atoms with van der Waals surface area (Å²) < 4.78 is 0. The molecule has 0 bridgehead atoms. The molecule has 1 atom stereocenters. The summed E-state index contributed by atoms with van der Waals surface area (Å²) in [6.07, 6.45) is 5.33. The Labute approximate surface area is 160 Å². The molecule has 0 saturated carbocycles. The quantitative estimate of drug-likeness (QED) is 0.868. The van der Waals surface area contributed by atoms with E-state index in [1.54, 1.807) is 6.07 Å². The fourth-order valence-electron chi connectivity index (χ4n) is 4.46. The van der Waals surface area contributed by atoms with E-state index in [0.29, 0.717) is 18.7 Å². The zero-order valence-corrected chi connectivity index (χ0v) is 15.6. The smallest absolute Gasteiger partial charge is 0.257 e. The monoisotopic (exact) mass is 365 g/mol. The van der Waals surface area contributed by atoms with Gasteiger partial charge < -0.3 is 15.1 Å². The average molecular weight is 365 g/mol. The van der Waals surface area contributed by atoms with Crippen LogP contribution in [-0.4, -0.2) is 34.1 Å². The van der Waals surface area contributed by atoms with Gasteiger partial charge in [0.1, 0.15) is 5.75 Å². The van der Waals surface area contributed by atoms with Crippen molar-refractivity contribution in [1.82, 2.24) is 4.90 Å². The Hall–Kier alpha value is -2.33. The van der Waals surface area contributed by atoms with Crippen molar-refractivity contribution in [2.24, 2.45) is 5.92 Å². The van der Waals surface area contributed by atoms with Gasteiger partial charge in [0, 0.05) is 13.1 Å². The number of phenolic OH excluding ortho intramolecular Hbond substituents is 1. The standard InChI is InChI=1S/C23H27NO3/c25-21-15-19-9-5-4-8-18(19)14-20(21)23(27)24-12-10-17(11-13-24)22(26)16-6-2-1-3-7-16/h1-3,6-7,14-15,17,22,25-26H,4-5,8-13H2. The number of aromatic hydroxyl groups is 1. The number of nitrogens with zero attached hydrogens (tertiary/aromatic N) is 1. The number of carbonyl (C=O) groups is 1. The van der Waals surface area contributed by atoms with Gasteiger partial charge in [0.05, 0.1) is 11.7 Å². The van der Waals surface area contributed by atoms with E-state index in [1.807, 2.05) is 41.3 Å². The fourth-order valence-corrected chi connectivity index (χ4v) is 4.46. The summed E-state index contributed by atoms with van der Waals surface area (Å²) in [6.45, 7) is 1.23. The number of piperidine rings is 1. The van der Waals surface area contributed by atoms with E-state index in [4.69, 9.17) is 0 Å². The third-order valence-electron chi connectivity index (χ3n) is 6.11. The van der Waals surface area contributed by atoms with Crippen molar-refractivity contribution in [3.63, 3.8) is 0 Å². The molecule has 4 rings (SSSR count). The van der Waals surface area contributed by atoms with Gasteiger partial charge in [-0.25, -0.2) is 0 Å². The lowest BCUT2D eigenvalue weighted by atomic mass is 9.87. The van der Waals surface area contributed by atoms with Gasteiger partial charge in [-0.05, 0) is 73.3 Å². The Morgan fingerprint density at radius 1 is 1.00 bits per heavy atom. The van der Waals surface area contributed by atoms with Crippen LogP contribution in [0.25, 0.3) is 0 Å². The zero-order chi connectivity index (χ0) is 18.8. The molecular weight excluding hydrogens is 338 g/mol. The van der Waals surface area contributed by atoms with Crippen LogP contribution < -0.4 is 0 Å². The van der Waals surface area contributed by atoms with Crippen molar-refractivity contribution < 1.29 is 15.0 Å². The maximum absolute atomic E-state index is 13.0. The van der Waals surface area contributed by atoms with Gasteiger partial charge in [-0.1, -0.05) is 30.3 Å². The van der Waals surface area contributed by atoms with Crippen LogP contribution in [0.15, 0.2) is 42.5 Å². The Morgan fingerprint density at radius 2 is 1.63 bits per heavy atom. The Bertz CT molecular complexity index is 810. The van der Waals surface area contributed by atoms with Crippen LogP contribution in [0.2, 0.25) is 0 Å². The molecule has 2 aromatic carbocycles. The van der Waals surface area contributed by atoms with Crippen molar-refractivity contribution >= 4 is 5.91 Å². The van der Waals surface area contributed by atoms with Crippen LogP contribution in [-0.2, 0) is 12.8 Å². The lowest BCUT2D eigenvalue weighted by Gasteiger charge is -2.34. The van der Waals surface area contributed by atoms with Crippen LogP contribution in [0.3, 0.4) is 0 Å². The number of carbonyl (C=O) groups excluding carboxylic acids is 1. The molecule has 4 nitrogen and oxygen atoms in total. The molecule has 2 N–H and O–H groups in total. The van der Waals surface area contributed by atoms with Crippen LogP contribution in [0.5, 0.6) is 5.75 Å². The molecule has 0 spiro atoms. The molecule has 1 unspecified atom stereocenters. The number of hydrogen-bond donors (Lipinski definition) is 2. The van der Waals surface area contributed by atoms with Gasteiger partial charge >= 0.3 is 0 Å². The number of benzene rings is 2. The van der Waals surface area contributed by atoms with E-state index in [2.05, 4.69) is 0 Å². The highest BCUT2D eigenvalue weighted by Gasteiger charge is 2.30. The maximum atomic E-state index is 13.0. The lowest BCUT2D eigenvalue weighted by Crippen LogP contribution is -2.39. The molecule has 1 fully saturated rings. The zero-order valence-electron chi connectivity index (χ0n) is 15.6. The Kier molecular flexibility index (Phi) is 5.17. The van der Waals surface area contributed by atoms with E-state index in [1.165, 1.54) is 11.1 Å². The van der Waals surface area contributed by atoms with Crippen LogP contribution >= 0.6 is 0 Å². The number of aryl methyl sites for hydroxylation is 2. The fraction of sp³-hybridized carbons (Fsp3) is 0.435. The number of amides is 1. The lowest BCUT2D eigenvalue weighted by molar-refractivity contribution is 0.0460. The molecule has 1 heterocycles. The van der Waals surface area contributed by atoms with E-state index < -0.39 is 6.10 Å². The second-order valence-electron chi connectivity index (χ2n) is 7.83. The molecule has 0 radical (unpaired) electrons. The summed E-state index contributed by atoms with van der Waals surface area (Å²) in [5.41, 5.74) is 3.75.